The Labute approximate surface area is 107 Å². The van der Waals surface area contributed by atoms with Crippen LogP contribution in [0.2, 0.25) is 0 Å². The van der Waals surface area contributed by atoms with Gasteiger partial charge in [0.2, 0.25) is 5.91 Å². The van der Waals surface area contributed by atoms with Crippen molar-refractivity contribution in [1.29, 1.82) is 0 Å². The highest BCUT2D eigenvalue weighted by Crippen LogP contribution is 2.23. The zero-order chi connectivity index (χ0) is 12.8. The molecule has 2 unspecified atom stereocenters. The van der Waals surface area contributed by atoms with Gasteiger partial charge in [-0.2, -0.15) is 11.8 Å². The van der Waals surface area contributed by atoms with E-state index in [1.807, 2.05) is 13.8 Å². The van der Waals surface area contributed by atoms with E-state index in [1.54, 1.807) is 11.8 Å². The minimum atomic E-state index is -0.820. The van der Waals surface area contributed by atoms with E-state index in [0.29, 0.717) is 12.3 Å². The second-order valence-electron chi connectivity index (χ2n) is 4.97. The molecule has 0 aromatic heterocycles. The summed E-state index contributed by atoms with van der Waals surface area (Å²) in [4.78, 5) is 22.8. The van der Waals surface area contributed by atoms with Gasteiger partial charge in [0.1, 0.15) is 0 Å². The van der Waals surface area contributed by atoms with Gasteiger partial charge in [0.25, 0.3) is 0 Å². The van der Waals surface area contributed by atoms with Crippen LogP contribution in [0.3, 0.4) is 0 Å². The second-order valence-corrected chi connectivity index (χ2v) is 6.12. The van der Waals surface area contributed by atoms with E-state index < -0.39 is 11.9 Å². The predicted octanol–water partition coefficient (Wildman–Crippen LogP) is 1.60. The van der Waals surface area contributed by atoms with Gasteiger partial charge in [0.15, 0.2) is 0 Å². The molecule has 4 nitrogen and oxygen atoms in total. The summed E-state index contributed by atoms with van der Waals surface area (Å²) in [5, 5.41) is 11.8. The Morgan fingerprint density at radius 3 is 2.65 bits per heavy atom. The lowest BCUT2D eigenvalue weighted by molar-refractivity contribution is -0.142. The lowest BCUT2D eigenvalue weighted by atomic mass is 9.97. The fourth-order valence-corrected chi connectivity index (χ4v) is 3.17. The molecule has 17 heavy (non-hydrogen) atoms. The molecule has 1 saturated heterocycles. The summed E-state index contributed by atoms with van der Waals surface area (Å²) >= 11 is 1.78. The standard InChI is InChI=1S/C12H21NO3S/c1-8(2)5-10(12(15)16)6-13-11(14)9-3-4-17-7-9/h8-10H,3-7H2,1-2H3,(H,13,14)(H,15,16). The van der Waals surface area contributed by atoms with E-state index in [1.165, 1.54) is 0 Å². The lowest BCUT2D eigenvalue weighted by Crippen LogP contribution is -2.37. The lowest BCUT2D eigenvalue weighted by Gasteiger charge is -2.16. The Kier molecular flexibility index (Phi) is 5.82. The summed E-state index contributed by atoms with van der Waals surface area (Å²) in [7, 11) is 0. The zero-order valence-corrected chi connectivity index (χ0v) is 11.3. The van der Waals surface area contributed by atoms with Crippen LogP contribution in [0.4, 0.5) is 0 Å². The highest BCUT2D eigenvalue weighted by Gasteiger charge is 2.25. The molecule has 1 amide bonds. The topological polar surface area (TPSA) is 66.4 Å². The number of nitrogens with one attached hydrogen (secondary N) is 1. The monoisotopic (exact) mass is 259 g/mol. The summed E-state index contributed by atoms with van der Waals surface area (Å²) < 4.78 is 0. The van der Waals surface area contributed by atoms with Crippen LogP contribution in [-0.2, 0) is 9.59 Å². The third-order valence-corrected chi connectivity index (χ3v) is 4.09. The minimum Gasteiger partial charge on any atom is -0.481 e. The molecular formula is C12H21NO3S. The van der Waals surface area contributed by atoms with Gasteiger partial charge in [-0.25, -0.2) is 0 Å². The average molecular weight is 259 g/mol. The van der Waals surface area contributed by atoms with Crippen LogP contribution < -0.4 is 5.32 Å². The molecule has 98 valence electrons. The largest absolute Gasteiger partial charge is 0.481 e. The van der Waals surface area contributed by atoms with Crippen molar-refractivity contribution in [3.63, 3.8) is 0 Å². The fraction of sp³-hybridized carbons (Fsp3) is 0.833. The molecule has 1 aliphatic rings. The smallest absolute Gasteiger partial charge is 0.308 e. The normalized spacial score (nSPS) is 21.5. The first kappa shape index (κ1) is 14.4. The van der Waals surface area contributed by atoms with Crippen LogP contribution in [-0.4, -0.2) is 35.0 Å². The number of carbonyl (C=O) groups is 2. The van der Waals surface area contributed by atoms with Gasteiger partial charge in [-0.1, -0.05) is 13.8 Å². The molecule has 1 aliphatic heterocycles. The molecule has 0 saturated carbocycles. The molecule has 0 bridgehead atoms. The van der Waals surface area contributed by atoms with E-state index in [0.717, 1.165) is 17.9 Å². The Morgan fingerprint density at radius 1 is 1.47 bits per heavy atom. The molecule has 0 aromatic carbocycles. The number of amides is 1. The van der Waals surface area contributed by atoms with E-state index in [2.05, 4.69) is 5.32 Å². The minimum absolute atomic E-state index is 0.0185. The number of carboxylic acids is 1. The Hall–Kier alpha value is -0.710. The quantitative estimate of drug-likeness (QED) is 0.760. The Balaban J connectivity index is 2.35. The highest BCUT2D eigenvalue weighted by atomic mass is 32.2. The maximum absolute atomic E-state index is 11.7. The average Bonchev–Trinajstić information content (AvgIpc) is 2.76. The molecule has 0 spiro atoms. The first-order valence-corrected chi connectivity index (χ1v) is 7.24. The number of aliphatic carboxylic acids is 1. The molecule has 5 heteroatoms. The summed E-state index contributed by atoms with van der Waals surface area (Å²) in [5.74, 6) is 1.04. The van der Waals surface area contributed by atoms with Crippen molar-refractivity contribution in [3.8, 4) is 0 Å². The molecule has 2 atom stereocenters. The predicted molar refractivity (Wildman–Crippen MR) is 69.0 cm³/mol. The third kappa shape index (κ3) is 4.98. The number of rotatable bonds is 6. The molecule has 1 rings (SSSR count). The van der Waals surface area contributed by atoms with Crippen molar-refractivity contribution < 1.29 is 14.7 Å². The molecule has 2 N–H and O–H groups in total. The van der Waals surface area contributed by atoms with Gasteiger partial charge in [-0.15, -0.1) is 0 Å². The van der Waals surface area contributed by atoms with Crippen LogP contribution in [0.1, 0.15) is 26.7 Å². The fourth-order valence-electron chi connectivity index (χ4n) is 1.95. The molecule has 0 aliphatic carbocycles. The van der Waals surface area contributed by atoms with Crippen molar-refractivity contribution in [3.05, 3.63) is 0 Å². The number of carbonyl (C=O) groups excluding carboxylic acids is 1. The van der Waals surface area contributed by atoms with Crippen molar-refractivity contribution in [2.45, 2.75) is 26.7 Å². The van der Waals surface area contributed by atoms with Crippen molar-refractivity contribution in [2.75, 3.05) is 18.1 Å². The van der Waals surface area contributed by atoms with Gasteiger partial charge in [0, 0.05) is 18.2 Å². The van der Waals surface area contributed by atoms with E-state index in [9.17, 15) is 9.59 Å². The number of carboxylic acid groups (broad SMARTS) is 1. The summed E-state index contributed by atoms with van der Waals surface area (Å²) in [5.41, 5.74) is 0. The first-order chi connectivity index (χ1) is 8.00. The van der Waals surface area contributed by atoms with Crippen LogP contribution in [0.15, 0.2) is 0 Å². The zero-order valence-electron chi connectivity index (χ0n) is 10.4. The second kappa shape index (κ2) is 6.89. The van der Waals surface area contributed by atoms with E-state index in [4.69, 9.17) is 5.11 Å². The first-order valence-electron chi connectivity index (χ1n) is 6.09. The van der Waals surface area contributed by atoms with E-state index >= 15 is 0 Å². The summed E-state index contributed by atoms with van der Waals surface area (Å²) in [6.07, 6.45) is 1.52. The molecule has 0 aromatic rings. The SMILES string of the molecule is CC(C)CC(CNC(=O)C1CCSC1)C(=O)O. The van der Waals surface area contributed by atoms with Crippen LogP contribution in [0.5, 0.6) is 0 Å². The molecular weight excluding hydrogens is 238 g/mol. The summed E-state index contributed by atoms with van der Waals surface area (Å²) in [6.45, 7) is 4.24. The Bertz CT molecular complexity index is 275. The third-order valence-electron chi connectivity index (χ3n) is 2.93. The Morgan fingerprint density at radius 2 is 2.18 bits per heavy atom. The molecule has 1 heterocycles. The number of thioether (sulfide) groups is 1. The van der Waals surface area contributed by atoms with Crippen LogP contribution >= 0.6 is 11.8 Å². The van der Waals surface area contributed by atoms with Crippen LogP contribution in [0, 0.1) is 17.8 Å². The number of hydrogen-bond donors (Lipinski definition) is 2. The highest BCUT2D eigenvalue weighted by molar-refractivity contribution is 7.99. The van der Waals surface area contributed by atoms with Gasteiger partial charge in [-0.3, -0.25) is 9.59 Å². The van der Waals surface area contributed by atoms with Crippen molar-refractivity contribution in [2.24, 2.45) is 17.8 Å². The maximum Gasteiger partial charge on any atom is 0.308 e. The van der Waals surface area contributed by atoms with Gasteiger partial charge in [-0.05, 0) is 24.5 Å². The van der Waals surface area contributed by atoms with Crippen molar-refractivity contribution in [1.82, 2.24) is 5.32 Å². The van der Waals surface area contributed by atoms with Crippen molar-refractivity contribution >= 4 is 23.6 Å². The summed E-state index contributed by atoms with van der Waals surface area (Å²) in [6, 6.07) is 0. The van der Waals surface area contributed by atoms with Gasteiger partial charge >= 0.3 is 5.97 Å². The number of hydrogen-bond acceptors (Lipinski definition) is 3. The molecule has 0 radical (unpaired) electrons. The van der Waals surface area contributed by atoms with E-state index in [-0.39, 0.29) is 18.4 Å². The maximum atomic E-state index is 11.7. The van der Waals surface area contributed by atoms with Gasteiger partial charge in [0.05, 0.1) is 5.92 Å². The van der Waals surface area contributed by atoms with Gasteiger partial charge < -0.3 is 10.4 Å². The molecule has 1 fully saturated rings. The van der Waals surface area contributed by atoms with Crippen LogP contribution in [0.25, 0.3) is 0 Å².